The molecule has 0 heterocycles. The number of halogens is 1. The van der Waals surface area contributed by atoms with Crippen molar-refractivity contribution in [2.24, 2.45) is 0 Å². The van der Waals surface area contributed by atoms with E-state index in [1.54, 1.807) is 49.4 Å². The Bertz CT molecular complexity index is 886. The molecule has 0 aliphatic heterocycles. The maximum absolute atomic E-state index is 12.9. The van der Waals surface area contributed by atoms with Crippen molar-refractivity contribution in [2.45, 2.75) is 19.4 Å². The van der Waals surface area contributed by atoms with Crippen LogP contribution >= 0.6 is 11.6 Å². The number of methoxy groups -OCH3 is 1. The molecule has 0 saturated heterocycles. The highest BCUT2D eigenvalue weighted by Gasteiger charge is 2.32. The standard InChI is InChI=1S/C18H21ClN2O4S/c1-4-16(18(22)20-15-10-5-6-11-17(15)25-2)21(26(3,23)24)14-9-7-8-13(19)12-14/h5-12,16H,4H2,1-3H3,(H,20,22)/t16-/m1/s1. The van der Waals surface area contributed by atoms with E-state index in [1.807, 2.05) is 0 Å². The first-order valence-corrected chi connectivity index (χ1v) is 10.2. The van der Waals surface area contributed by atoms with Crippen LogP contribution in [0.4, 0.5) is 11.4 Å². The molecule has 0 bridgehead atoms. The first kappa shape index (κ1) is 20.1. The summed E-state index contributed by atoms with van der Waals surface area (Å²) in [6.07, 6.45) is 1.34. The normalized spacial score (nSPS) is 12.3. The number of benzene rings is 2. The Morgan fingerprint density at radius 2 is 1.92 bits per heavy atom. The summed E-state index contributed by atoms with van der Waals surface area (Å²) < 4.78 is 31.1. The van der Waals surface area contributed by atoms with Gasteiger partial charge in [0.25, 0.3) is 0 Å². The Morgan fingerprint density at radius 3 is 2.50 bits per heavy atom. The number of carbonyl (C=O) groups is 1. The Labute approximate surface area is 158 Å². The van der Waals surface area contributed by atoms with E-state index in [0.717, 1.165) is 10.6 Å². The van der Waals surface area contributed by atoms with Crippen molar-refractivity contribution in [1.82, 2.24) is 0 Å². The SMILES string of the molecule is CC[C@H](C(=O)Nc1ccccc1OC)N(c1cccc(Cl)c1)S(C)(=O)=O. The zero-order chi connectivity index (χ0) is 19.3. The molecule has 1 atom stereocenters. The van der Waals surface area contributed by atoms with Crippen LogP contribution in [0.2, 0.25) is 5.02 Å². The lowest BCUT2D eigenvalue weighted by molar-refractivity contribution is -0.117. The highest BCUT2D eigenvalue weighted by molar-refractivity contribution is 7.92. The fourth-order valence-corrected chi connectivity index (χ4v) is 4.03. The number of hydrogen-bond acceptors (Lipinski definition) is 4. The molecule has 1 amide bonds. The molecule has 0 aliphatic rings. The molecule has 26 heavy (non-hydrogen) atoms. The van der Waals surface area contributed by atoms with Crippen LogP contribution in [-0.4, -0.2) is 33.7 Å². The molecule has 2 aromatic carbocycles. The smallest absolute Gasteiger partial charge is 0.248 e. The summed E-state index contributed by atoms with van der Waals surface area (Å²) in [7, 11) is -2.22. The molecule has 6 nitrogen and oxygen atoms in total. The minimum absolute atomic E-state index is 0.278. The number of hydrogen-bond donors (Lipinski definition) is 1. The fraction of sp³-hybridized carbons (Fsp3) is 0.278. The molecule has 2 rings (SSSR count). The lowest BCUT2D eigenvalue weighted by atomic mass is 10.1. The topological polar surface area (TPSA) is 75.7 Å². The van der Waals surface area contributed by atoms with Crippen molar-refractivity contribution in [2.75, 3.05) is 23.0 Å². The average molecular weight is 397 g/mol. The van der Waals surface area contributed by atoms with E-state index in [1.165, 1.54) is 13.2 Å². The molecule has 1 N–H and O–H groups in total. The molecule has 0 aliphatic carbocycles. The molecule has 0 saturated carbocycles. The van der Waals surface area contributed by atoms with E-state index in [9.17, 15) is 13.2 Å². The Hall–Kier alpha value is -2.25. The van der Waals surface area contributed by atoms with Crippen LogP contribution < -0.4 is 14.4 Å². The van der Waals surface area contributed by atoms with Crippen molar-refractivity contribution in [3.05, 3.63) is 53.6 Å². The summed E-state index contributed by atoms with van der Waals surface area (Å²) in [6.45, 7) is 1.75. The van der Waals surface area contributed by atoms with Crippen molar-refractivity contribution >= 4 is 38.9 Å². The summed E-state index contributed by atoms with van der Waals surface area (Å²) in [5.74, 6) is 0.0340. The van der Waals surface area contributed by atoms with E-state index >= 15 is 0 Å². The molecule has 140 valence electrons. The van der Waals surface area contributed by atoms with E-state index < -0.39 is 22.0 Å². The molecular formula is C18H21ClN2O4S. The highest BCUT2D eigenvalue weighted by atomic mass is 35.5. The average Bonchev–Trinajstić information content (AvgIpc) is 2.58. The number of carbonyl (C=O) groups excluding carboxylic acids is 1. The Balaban J connectivity index is 2.40. The Morgan fingerprint density at radius 1 is 1.23 bits per heavy atom. The predicted octanol–water partition coefficient (Wildman–Crippen LogP) is 3.53. The summed E-state index contributed by atoms with van der Waals surface area (Å²) in [5, 5.41) is 3.13. The molecule has 0 aromatic heterocycles. The number of nitrogens with zero attached hydrogens (tertiary/aromatic N) is 1. The molecule has 8 heteroatoms. The van der Waals surface area contributed by atoms with Gasteiger partial charge in [0.15, 0.2) is 0 Å². The monoisotopic (exact) mass is 396 g/mol. The van der Waals surface area contributed by atoms with E-state index in [4.69, 9.17) is 16.3 Å². The van der Waals surface area contributed by atoms with Gasteiger partial charge in [0.1, 0.15) is 11.8 Å². The molecule has 0 fully saturated rings. The van der Waals surface area contributed by atoms with Gasteiger partial charge >= 0.3 is 0 Å². The second kappa shape index (κ2) is 8.42. The molecule has 0 spiro atoms. The minimum atomic E-state index is -3.72. The van der Waals surface area contributed by atoms with Crippen LogP contribution in [0.5, 0.6) is 5.75 Å². The van der Waals surface area contributed by atoms with Crippen LogP contribution in [0.3, 0.4) is 0 Å². The number of anilines is 2. The van der Waals surface area contributed by atoms with Crippen molar-refractivity contribution in [1.29, 1.82) is 0 Å². The highest BCUT2D eigenvalue weighted by Crippen LogP contribution is 2.28. The van der Waals surface area contributed by atoms with Crippen molar-refractivity contribution < 1.29 is 17.9 Å². The lowest BCUT2D eigenvalue weighted by Gasteiger charge is -2.30. The van der Waals surface area contributed by atoms with Crippen molar-refractivity contribution in [3.8, 4) is 5.75 Å². The van der Waals surface area contributed by atoms with Gasteiger partial charge in [-0.05, 0) is 36.8 Å². The van der Waals surface area contributed by atoms with Crippen LogP contribution in [0.15, 0.2) is 48.5 Å². The number of nitrogens with one attached hydrogen (secondary N) is 1. The van der Waals surface area contributed by atoms with Gasteiger partial charge in [-0.15, -0.1) is 0 Å². The van der Waals surface area contributed by atoms with Gasteiger partial charge in [-0.1, -0.05) is 36.7 Å². The maximum Gasteiger partial charge on any atom is 0.248 e. The van der Waals surface area contributed by atoms with Crippen LogP contribution in [0, 0.1) is 0 Å². The van der Waals surface area contributed by atoms with E-state index in [-0.39, 0.29) is 6.42 Å². The van der Waals surface area contributed by atoms with Gasteiger partial charge in [0, 0.05) is 5.02 Å². The van der Waals surface area contributed by atoms with E-state index in [0.29, 0.717) is 22.1 Å². The quantitative estimate of drug-likeness (QED) is 0.776. The van der Waals surface area contributed by atoms with Crippen molar-refractivity contribution in [3.63, 3.8) is 0 Å². The van der Waals surface area contributed by atoms with Crippen LogP contribution in [0.25, 0.3) is 0 Å². The summed E-state index contributed by atoms with van der Waals surface area (Å²) in [6, 6.07) is 12.4. The Kier molecular flexibility index (Phi) is 6.50. The molecular weight excluding hydrogens is 376 g/mol. The second-order valence-electron chi connectivity index (χ2n) is 5.65. The van der Waals surface area contributed by atoms with Gasteiger partial charge in [-0.3, -0.25) is 9.10 Å². The van der Waals surface area contributed by atoms with Gasteiger partial charge in [-0.2, -0.15) is 0 Å². The van der Waals surface area contributed by atoms with Gasteiger partial charge in [0.2, 0.25) is 15.9 Å². The number of ether oxygens (including phenoxy) is 1. The number of amides is 1. The molecule has 0 radical (unpaired) electrons. The number of sulfonamides is 1. The number of para-hydroxylation sites is 2. The zero-order valence-corrected chi connectivity index (χ0v) is 16.3. The van der Waals surface area contributed by atoms with Crippen LogP contribution in [-0.2, 0) is 14.8 Å². The maximum atomic E-state index is 12.9. The third-order valence-corrected chi connectivity index (χ3v) is 5.17. The second-order valence-corrected chi connectivity index (χ2v) is 7.95. The largest absolute Gasteiger partial charge is 0.495 e. The third kappa shape index (κ3) is 4.68. The van der Waals surface area contributed by atoms with Crippen LogP contribution in [0.1, 0.15) is 13.3 Å². The third-order valence-electron chi connectivity index (χ3n) is 3.76. The molecule has 0 unspecified atom stereocenters. The van der Waals surface area contributed by atoms with Gasteiger partial charge in [0.05, 0.1) is 24.7 Å². The van der Waals surface area contributed by atoms with E-state index in [2.05, 4.69) is 5.32 Å². The first-order chi connectivity index (χ1) is 12.3. The van der Waals surface area contributed by atoms with Gasteiger partial charge < -0.3 is 10.1 Å². The molecule has 2 aromatic rings. The van der Waals surface area contributed by atoms with Gasteiger partial charge in [-0.25, -0.2) is 8.42 Å². The summed E-state index contributed by atoms with van der Waals surface area (Å²) in [5.41, 5.74) is 0.806. The predicted molar refractivity (Wildman–Crippen MR) is 104 cm³/mol. The number of rotatable bonds is 7. The minimum Gasteiger partial charge on any atom is -0.495 e. The zero-order valence-electron chi connectivity index (χ0n) is 14.8. The summed E-state index contributed by atoms with van der Waals surface area (Å²) in [4.78, 5) is 12.9. The first-order valence-electron chi connectivity index (χ1n) is 7.96. The summed E-state index contributed by atoms with van der Waals surface area (Å²) >= 11 is 6.00. The lowest BCUT2D eigenvalue weighted by Crippen LogP contribution is -2.47. The fourth-order valence-electron chi connectivity index (χ4n) is 2.64.